The molecule has 4 rings (SSSR count). The van der Waals surface area contributed by atoms with Crippen molar-refractivity contribution in [1.82, 2.24) is 0 Å². The van der Waals surface area contributed by atoms with Crippen LogP contribution in [0.25, 0.3) is 6.08 Å². The fourth-order valence-electron chi connectivity index (χ4n) is 4.02. The number of benzene rings is 2. The van der Waals surface area contributed by atoms with E-state index in [1.165, 1.54) is 24.9 Å². The second-order valence-corrected chi connectivity index (χ2v) is 7.91. The third-order valence-electron chi connectivity index (χ3n) is 5.79. The second-order valence-electron chi connectivity index (χ2n) is 7.91. The van der Waals surface area contributed by atoms with Gasteiger partial charge in [0.25, 0.3) is 5.91 Å². The largest absolute Gasteiger partial charge is 0.378 e. The van der Waals surface area contributed by atoms with Gasteiger partial charge in [-0.1, -0.05) is 12.1 Å². The Hall–Kier alpha value is -3.30. The van der Waals surface area contributed by atoms with E-state index >= 15 is 0 Å². The fourth-order valence-corrected chi connectivity index (χ4v) is 4.02. The number of morpholine rings is 1. The number of rotatable bonds is 5. The zero-order valence-electron chi connectivity index (χ0n) is 17.7. The van der Waals surface area contributed by atoms with Crippen molar-refractivity contribution < 1.29 is 9.53 Å². The van der Waals surface area contributed by atoms with Crippen molar-refractivity contribution in [3.63, 3.8) is 0 Å². The summed E-state index contributed by atoms with van der Waals surface area (Å²) >= 11 is 0. The predicted octanol–water partition coefficient (Wildman–Crippen LogP) is 4.06. The van der Waals surface area contributed by atoms with Gasteiger partial charge in [-0.05, 0) is 67.3 Å². The molecular formula is C25H28N4O2. The van der Waals surface area contributed by atoms with Gasteiger partial charge in [0.1, 0.15) is 11.6 Å². The van der Waals surface area contributed by atoms with Crippen LogP contribution in [0.1, 0.15) is 24.8 Å². The minimum Gasteiger partial charge on any atom is -0.378 e. The van der Waals surface area contributed by atoms with Gasteiger partial charge in [0.15, 0.2) is 0 Å². The average molecular weight is 417 g/mol. The van der Waals surface area contributed by atoms with Crippen molar-refractivity contribution in [3.8, 4) is 6.07 Å². The Kier molecular flexibility index (Phi) is 6.85. The van der Waals surface area contributed by atoms with Gasteiger partial charge in [-0.3, -0.25) is 4.79 Å². The molecule has 2 aliphatic rings. The van der Waals surface area contributed by atoms with Crippen molar-refractivity contribution in [1.29, 1.82) is 5.26 Å². The first-order valence-electron chi connectivity index (χ1n) is 10.9. The van der Waals surface area contributed by atoms with Gasteiger partial charge in [-0.25, -0.2) is 0 Å². The molecule has 6 heteroatoms. The Morgan fingerprint density at radius 3 is 2.06 bits per heavy atom. The number of carbonyl (C=O) groups is 1. The highest BCUT2D eigenvalue weighted by atomic mass is 16.5. The SMILES string of the molecule is N#C/C(=C\c1ccc(N2CCCCC2)cc1)C(=O)Nc1ccc(N2CCOCC2)cc1. The summed E-state index contributed by atoms with van der Waals surface area (Å²) in [6, 6.07) is 17.8. The molecule has 0 aliphatic carbocycles. The molecule has 1 N–H and O–H groups in total. The first kappa shape index (κ1) is 21.0. The lowest BCUT2D eigenvalue weighted by atomic mass is 10.1. The zero-order valence-corrected chi connectivity index (χ0v) is 17.7. The van der Waals surface area contributed by atoms with Crippen LogP contribution in [0, 0.1) is 11.3 Å². The standard InChI is InChI=1S/C25H28N4O2/c26-19-21(18-20-4-8-23(9-5-20)28-12-2-1-3-13-28)25(30)27-22-6-10-24(11-7-22)29-14-16-31-17-15-29/h4-11,18H,1-3,12-17H2,(H,27,30)/b21-18+. The van der Waals surface area contributed by atoms with Gasteiger partial charge in [0.2, 0.25) is 0 Å². The lowest BCUT2D eigenvalue weighted by molar-refractivity contribution is -0.112. The average Bonchev–Trinajstić information content (AvgIpc) is 2.84. The minimum absolute atomic E-state index is 0.0861. The van der Waals surface area contributed by atoms with Crippen LogP contribution in [0.4, 0.5) is 17.1 Å². The van der Waals surface area contributed by atoms with E-state index in [9.17, 15) is 10.1 Å². The monoisotopic (exact) mass is 416 g/mol. The maximum absolute atomic E-state index is 12.6. The van der Waals surface area contributed by atoms with Crippen LogP contribution in [0.15, 0.2) is 54.1 Å². The summed E-state index contributed by atoms with van der Waals surface area (Å²) in [5.41, 5.74) is 3.90. The fraction of sp³-hybridized carbons (Fsp3) is 0.360. The molecule has 0 radical (unpaired) electrons. The van der Waals surface area contributed by atoms with Crippen molar-refractivity contribution in [2.24, 2.45) is 0 Å². The normalized spacial score (nSPS) is 17.2. The highest BCUT2D eigenvalue weighted by Gasteiger charge is 2.14. The number of carbonyl (C=O) groups excluding carboxylic acids is 1. The summed E-state index contributed by atoms with van der Waals surface area (Å²) in [6.07, 6.45) is 5.40. The smallest absolute Gasteiger partial charge is 0.266 e. The summed E-state index contributed by atoms with van der Waals surface area (Å²) < 4.78 is 5.38. The summed E-state index contributed by atoms with van der Waals surface area (Å²) in [5.74, 6) is -0.401. The molecule has 0 saturated carbocycles. The zero-order chi connectivity index (χ0) is 21.5. The van der Waals surface area contributed by atoms with Crippen LogP contribution in [0.5, 0.6) is 0 Å². The molecule has 160 valence electrons. The van der Waals surface area contributed by atoms with E-state index in [4.69, 9.17) is 4.74 Å². The summed E-state index contributed by atoms with van der Waals surface area (Å²) in [6.45, 7) is 5.37. The van der Waals surface area contributed by atoms with E-state index in [-0.39, 0.29) is 5.57 Å². The molecule has 31 heavy (non-hydrogen) atoms. The van der Waals surface area contributed by atoms with Gasteiger partial charge in [-0.2, -0.15) is 5.26 Å². The maximum Gasteiger partial charge on any atom is 0.266 e. The first-order chi connectivity index (χ1) is 15.2. The van der Waals surface area contributed by atoms with Crippen molar-refractivity contribution in [2.75, 3.05) is 54.5 Å². The molecule has 2 aromatic carbocycles. The molecule has 2 saturated heterocycles. The Bertz CT molecular complexity index is 949. The Labute approximate surface area is 183 Å². The molecule has 1 amide bonds. The highest BCUT2D eigenvalue weighted by molar-refractivity contribution is 6.09. The summed E-state index contributed by atoms with van der Waals surface area (Å²) in [5, 5.41) is 12.3. The summed E-state index contributed by atoms with van der Waals surface area (Å²) in [7, 11) is 0. The summed E-state index contributed by atoms with van der Waals surface area (Å²) in [4.78, 5) is 17.2. The number of hydrogen-bond acceptors (Lipinski definition) is 5. The Morgan fingerprint density at radius 2 is 1.45 bits per heavy atom. The van der Waals surface area contributed by atoms with Crippen LogP contribution in [-0.4, -0.2) is 45.3 Å². The molecule has 0 spiro atoms. The third kappa shape index (κ3) is 5.44. The molecule has 2 heterocycles. The van der Waals surface area contributed by atoms with Crippen LogP contribution >= 0.6 is 0 Å². The molecule has 2 aliphatic heterocycles. The second kappa shape index (κ2) is 10.1. The lowest BCUT2D eigenvalue weighted by Gasteiger charge is -2.28. The van der Waals surface area contributed by atoms with E-state index in [1.807, 2.05) is 42.5 Å². The molecular weight excluding hydrogens is 388 g/mol. The number of amides is 1. The molecule has 0 aromatic heterocycles. The third-order valence-corrected chi connectivity index (χ3v) is 5.79. The van der Waals surface area contributed by atoms with Crippen LogP contribution < -0.4 is 15.1 Å². The number of anilines is 3. The molecule has 6 nitrogen and oxygen atoms in total. The Balaban J connectivity index is 1.39. The molecule has 2 fully saturated rings. The van der Waals surface area contributed by atoms with Gasteiger partial charge in [0, 0.05) is 43.2 Å². The van der Waals surface area contributed by atoms with Crippen molar-refractivity contribution >= 4 is 29.0 Å². The quantitative estimate of drug-likeness (QED) is 0.588. The molecule has 0 unspecified atom stereocenters. The number of nitrogens with zero attached hydrogens (tertiary/aromatic N) is 3. The van der Waals surface area contributed by atoms with Crippen LogP contribution in [0.2, 0.25) is 0 Å². The maximum atomic E-state index is 12.6. The van der Waals surface area contributed by atoms with Crippen LogP contribution in [-0.2, 0) is 9.53 Å². The topological polar surface area (TPSA) is 68.6 Å². The molecule has 0 bridgehead atoms. The van der Waals surface area contributed by atoms with E-state index in [0.29, 0.717) is 5.69 Å². The number of nitrogens with one attached hydrogen (secondary N) is 1. The Morgan fingerprint density at radius 1 is 0.871 bits per heavy atom. The van der Waals surface area contributed by atoms with Gasteiger partial charge >= 0.3 is 0 Å². The number of hydrogen-bond donors (Lipinski definition) is 1. The van der Waals surface area contributed by atoms with Crippen molar-refractivity contribution in [2.45, 2.75) is 19.3 Å². The van der Waals surface area contributed by atoms with E-state index in [1.54, 1.807) is 6.08 Å². The van der Waals surface area contributed by atoms with Gasteiger partial charge in [0.05, 0.1) is 13.2 Å². The predicted molar refractivity (Wildman–Crippen MR) is 124 cm³/mol. The number of nitriles is 1. The van der Waals surface area contributed by atoms with E-state index in [2.05, 4.69) is 27.2 Å². The number of piperidine rings is 1. The molecule has 2 aromatic rings. The molecule has 0 atom stereocenters. The minimum atomic E-state index is -0.401. The number of ether oxygens (including phenoxy) is 1. The van der Waals surface area contributed by atoms with Gasteiger partial charge in [-0.15, -0.1) is 0 Å². The first-order valence-corrected chi connectivity index (χ1v) is 10.9. The van der Waals surface area contributed by atoms with E-state index in [0.717, 1.165) is 50.6 Å². The van der Waals surface area contributed by atoms with Crippen molar-refractivity contribution in [3.05, 3.63) is 59.7 Å². The highest BCUT2D eigenvalue weighted by Crippen LogP contribution is 2.22. The van der Waals surface area contributed by atoms with Gasteiger partial charge < -0.3 is 19.9 Å². The lowest BCUT2D eigenvalue weighted by Crippen LogP contribution is -2.36. The van der Waals surface area contributed by atoms with E-state index < -0.39 is 5.91 Å². The van der Waals surface area contributed by atoms with Crippen LogP contribution in [0.3, 0.4) is 0 Å².